The van der Waals surface area contributed by atoms with Crippen molar-refractivity contribution < 1.29 is 9.90 Å². The van der Waals surface area contributed by atoms with Crippen molar-refractivity contribution in [1.82, 2.24) is 5.32 Å². The van der Waals surface area contributed by atoms with Gasteiger partial charge in [-0.1, -0.05) is 43.7 Å². The molecule has 0 saturated heterocycles. The molecule has 0 aromatic heterocycles. The number of hydrogen-bond donors (Lipinski definition) is 2. The molecule has 0 aliphatic heterocycles. The lowest BCUT2D eigenvalue weighted by atomic mass is 10.0. The molecule has 3 heteroatoms. The van der Waals surface area contributed by atoms with Gasteiger partial charge in [-0.15, -0.1) is 0 Å². The van der Waals surface area contributed by atoms with Gasteiger partial charge in [-0.05, 0) is 30.9 Å². The first-order valence-corrected chi connectivity index (χ1v) is 6.67. The number of aliphatic hydroxyl groups is 1. The molecule has 0 spiro atoms. The fourth-order valence-electron chi connectivity index (χ4n) is 1.94. The highest BCUT2D eigenvalue weighted by Crippen LogP contribution is 2.06. The minimum Gasteiger partial charge on any atom is -0.394 e. The summed E-state index contributed by atoms with van der Waals surface area (Å²) in [4.78, 5) is 11.7. The van der Waals surface area contributed by atoms with E-state index in [4.69, 9.17) is 0 Å². The van der Waals surface area contributed by atoms with Gasteiger partial charge in [0, 0.05) is 6.08 Å². The molecular weight excluding hydrogens is 238 g/mol. The van der Waals surface area contributed by atoms with E-state index in [2.05, 4.69) is 19.2 Å². The van der Waals surface area contributed by atoms with E-state index in [9.17, 15) is 9.90 Å². The van der Waals surface area contributed by atoms with Crippen LogP contribution in [0.15, 0.2) is 30.3 Å². The maximum Gasteiger partial charge on any atom is 0.244 e. The van der Waals surface area contributed by atoms with Crippen molar-refractivity contribution in [2.24, 2.45) is 5.92 Å². The summed E-state index contributed by atoms with van der Waals surface area (Å²) in [5.74, 6) is 0.277. The van der Waals surface area contributed by atoms with Crippen LogP contribution in [-0.2, 0) is 4.79 Å². The number of amides is 1. The number of carbonyl (C=O) groups excluding carboxylic acids is 1. The van der Waals surface area contributed by atoms with Crippen LogP contribution in [0.1, 0.15) is 31.4 Å². The molecule has 0 bridgehead atoms. The van der Waals surface area contributed by atoms with Gasteiger partial charge in [-0.25, -0.2) is 0 Å². The summed E-state index contributed by atoms with van der Waals surface area (Å²) in [5.41, 5.74) is 2.16. The average Bonchev–Trinajstić information content (AvgIpc) is 2.35. The molecule has 1 aromatic carbocycles. The molecule has 0 fully saturated rings. The molecule has 3 nitrogen and oxygen atoms in total. The summed E-state index contributed by atoms with van der Waals surface area (Å²) < 4.78 is 0. The Morgan fingerprint density at radius 3 is 2.74 bits per heavy atom. The molecule has 19 heavy (non-hydrogen) atoms. The van der Waals surface area contributed by atoms with Crippen molar-refractivity contribution in [2.75, 3.05) is 6.61 Å². The van der Waals surface area contributed by atoms with Gasteiger partial charge in [0.15, 0.2) is 0 Å². The second kappa shape index (κ2) is 7.74. The first kappa shape index (κ1) is 15.4. The summed E-state index contributed by atoms with van der Waals surface area (Å²) in [5, 5.41) is 12.0. The van der Waals surface area contributed by atoms with Crippen molar-refractivity contribution in [2.45, 2.75) is 33.2 Å². The summed E-state index contributed by atoms with van der Waals surface area (Å²) >= 11 is 0. The molecule has 1 aromatic rings. The number of rotatable bonds is 6. The Hall–Kier alpha value is -1.61. The molecular formula is C16H23NO2. The van der Waals surface area contributed by atoms with Crippen LogP contribution in [0.3, 0.4) is 0 Å². The Morgan fingerprint density at radius 1 is 1.42 bits per heavy atom. The highest BCUT2D eigenvalue weighted by atomic mass is 16.3. The quantitative estimate of drug-likeness (QED) is 0.773. The Kier molecular flexibility index (Phi) is 6.30. The van der Waals surface area contributed by atoms with E-state index >= 15 is 0 Å². The molecule has 0 aliphatic rings. The molecule has 0 saturated carbocycles. The predicted octanol–water partition coefficient (Wildman–Crippen LogP) is 2.53. The molecule has 0 aliphatic carbocycles. The summed E-state index contributed by atoms with van der Waals surface area (Å²) in [6, 6.07) is 7.77. The van der Waals surface area contributed by atoms with Gasteiger partial charge in [0.25, 0.3) is 0 Å². The van der Waals surface area contributed by atoms with Crippen LogP contribution >= 0.6 is 0 Å². The zero-order valence-electron chi connectivity index (χ0n) is 11.9. The zero-order chi connectivity index (χ0) is 14.3. The third-order valence-corrected chi connectivity index (χ3v) is 2.79. The number of hydrogen-bond acceptors (Lipinski definition) is 2. The largest absolute Gasteiger partial charge is 0.394 e. The van der Waals surface area contributed by atoms with Gasteiger partial charge in [-0.2, -0.15) is 0 Å². The van der Waals surface area contributed by atoms with Crippen molar-refractivity contribution in [3.63, 3.8) is 0 Å². The maximum absolute atomic E-state index is 11.7. The smallest absolute Gasteiger partial charge is 0.244 e. The minimum absolute atomic E-state index is 0.0256. The van der Waals surface area contributed by atoms with Gasteiger partial charge in [0.1, 0.15) is 0 Å². The van der Waals surface area contributed by atoms with E-state index in [1.165, 1.54) is 6.08 Å². The second-order valence-electron chi connectivity index (χ2n) is 5.27. The lowest BCUT2D eigenvalue weighted by molar-refractivity contribution is -0.117. The molecule has 0 heterocycles. The Morgan fingerprint density at radius 2 is 2.16 bits per heavy atom. The van der Waals surface area contributed by atoms with E-state index in [0.29, 0.717) is 5.92 Å². The standard InChI is InChI=1S/C16H23NO2/c1-12(2)9-15(11-18)17-16(19)8-7-14-6-4-5-13(3)10-14/h4-8,10,12,15,18H,9,11H2,1-3H3,(H,17,19)/b8-7+. The van der Waals surface area contributed by atoms with Gasteiger partial charge >= 0.3 is 0 Å². The number of carbonyl (C=O) groups is 1. The summed E-state index contributed by atoms with van der Waals surface area (Å²) in [7, 11) is 0. The highest BCUT2D eigenvalue weighted by molar-refractivity contribution is 5.91. The van der Waals surface area contributed by atoms with Gasteiger partial charge < -0.3 is 10.4 Å². The lowest BCUT2D eigenvalue weighted by Crippen LogP contribution is -2.37. The molecule has 1 atom stereocenters. The number of benzene rings is 1. The molecule has 0 radical (unpaired) electrons. The van der Waals surface area contributed by atoms with E-state index in [-0.39, 0.29) is 18.6 Å². The zero-order valence-corrected chi connectivity index (χ0v) is 11.9. The third kappa shape index (κ3) is 6.20. The average molecular weight is 261 g/mol. The van der Waals surface area contributed by atoms with Crippen molar-refractivity contribution in [1.29, 1.82) is 0 Å². The molecule has 1 amide bonds. The molecule has 104 valence electrons. The first-order valence-electron chi connectivity index (χ1n) is 6.67. The first-order chi connectivity index (χ1) is 9.01. The van der Waals surface area contributed by atoms with Crippen LogP contribution in [0.4, 0.5) is 0 Å². The number of nitrogens with one attached hydrogen (secondary N) is 1. The summed E-state index contributed by atoms with van der Waals surface area (Å²) in [6.07, 6.45) is 4.07. The van der Waals surface area contributed by atoms with Crippen LogP contribution < -0.4 is 5.32 Å². The molecule has 1 rings (SSSR count). The molecule has 2 N–H and O–H groups in total. The SMILES string of the molecule is Cc1cccc(/C=C/C(=O)NC(CO)CC(C)C)c1. The Balaban J connectivity index is 2.54. The minimum atomic E-state index is -0.172. The van der Waals surface area contributed by atoms with Crippen LogP contribution in [-0.4, -0.2) is 23.7 Å². The Labute approximate surface area is 115 Å². The van der Waals surface area contributed by atoms with E-state index in [1.807, 2.05) is 31.2 Å². The van der Waals surface area contributed by atoms with Crippen LogP contribution in [0.2, 0.25) is 0 Å². The van der Waals surface area contributed by atoms with Crippen LogP contribution in [0.25, 0.3) is 6.08 Å². The van der Waals surface area contributed by atoms with Crippen LogP contribution in [0, 0.1) is 12.8 Å². The third-order valence-electron chi connectivity index (χ3n) is 2.79. The highest BCUT2D eigenvalue weighted by Gasteiger charge is 2.11. The number of aliphatic hydroxyl groups excluding tert-OH is 1. The van der Waals surface area contributed by atoms with E-state index in [0.717, 1.165) is 17.5 Å². The second-order valence-corrected chi connectivity index (χ2v) is 5.27. The molecule has 1 unspecified atom stereocenters. The van der Waals surface area contributed by atoms with E-state index < -0.39 is 0 Å². The van der Waals surface area contributed by atoms with E-state index in [1.54, 1.807) is 6.08 Å². The van der Waals surface area contributed by atoms with Crippen molar-refractivity contribution in [3.8, 4) is 0 Å². The van der Waals surface area contributed by atoms with Crippen molar-refractivity contribution >= 4 is 12.0 Å². The van der Waals surface area contributed by atoms with Crippen LogP contribution in [0.5, 0.6) is 0 Å². The Bertz CT molecular complexity index is 438. The van der Waals surface area contributed by atoms with Gasteiger partial charge in [0.2, 0.25) is 5.91 Å². The van der Waals surface area contributed by atoms with Crippen molar-refractivity contribution in [3.05, 3.63) is 41.5 Å². The maximum atomic E-state index is 11.7. The normalized spacial score (nSPS) is 12.9. The monoisotopic (exact) mass is 261 g/mol. The van der Waals surface area contributed by atoms with Gasteiger partial charge in [-0.3, -0.25) is 4.79 Å². The number of aryl methyl sites for hydroxylation is 1. The summed E-state index contributed by atoms with van der Waals surface area (Å²) in [6.45, 7) is 6.12. The fourth-order valence-corrected chi connectivity index (χ4v) is 1.94. The van der Waals surface area contributed by atoms with Gasteiger partial charge in [0.05, 0.1) is 12.6 Å². The predicted molar refractivity (Wildman–Crippen MR) is 78.7 cm³/mol. The topological polar surface area (TPSA) is 49.3 Å². The lowest BCUT2D eigenvalue weighted by Gasteiger charge is -2.17. The fraction of sp³-hybridized carbons (Fsp3) is 0.438.